The van der Waals surface area contributed by atoms with Crippen molar-refractivity contribution >= 4 is 5.71 Å². The Morgan fingerprint density at radius 3 is 2.96 bits per heavy atom. The summed E-state index contributed by atoms with van der Waals surface area (Å²) in [4.78, 5) is 0. The summed E-state index contributed by atoms with van der Waals surface area (Å²) >= 11 is 0. The average Bonchev–Trinajstić information content (AvgIpc) is 3.17. The predicted octanol–water partition coefficient (Wildman–Crippen LogP) is 3.42. The summed E-state index contributed by atoms with van der Waals surface area (Å²) in [7, 11) is 0. The Kier molecular flexibility index (Phi) is 2.83. The zero-order valence-corrected chi connectivity index (χ0v) is 12.8. The highest BCUT2D eigenvalue weighted by molar-refractivity contribution is 6.05. The van der Waals surface area contributed by atoms with E-state index >= 15 is 0 Å². The molecule has 1 N–H and O–H groups in total. The van der Waals surface area contributed by atoms with Gasteiger partial charge >= 0.3 is 0 Å². The van der Waals surface area contributed by atoms with E-state index in [0.717, 1.165) is 24.3 Å². The smallest absolute Gasteiger partial charge is 0.231 e. The fourth-order valence-corrected chi connectivity index (χ4v) is 3.95. The average molecular weight is 306 g/mol. The quantitative estimate of drug-likeness (QED) is 0.878. The van der Waals surface area contributed by atoms with Crippen LogP contribution in [0, 0.1) is 5.92 Å². The van der Waals surface area contributed by atoms with E-state index in [2.05, 4.69) is 41.8 Å². The summed E-state index contributed by atoms with van der Waals surface area (Å²) in [6, 6.07) is 15.1. The van der Waals surface area contributed by atoms with Gasteiger partial charge in [0, 0.05) is 11.5 Å². The molecule has 0 bridgehead atoms. The molecule has 0 spiro atoms. The second-order valence-electron chi connectivity index (χ2n) is 6.37. The molecule has 2 aromatic rings. The first-order valence-electron chi connectivity index (χ1n) is 8.21. The first kappa shape index (κ1) is 13.0. The van der Waals surface area contributed by atoms with Gasteiger partial charge in [0.2, 0.25) is 6.79 Å². The van der Waals surface area contributed by atoms with Gasteiger partial charge in [0.1, 0.15) is 0 Å². The van der Waals surface area contributed by atoms with Gasteiger partial charge in [-0.2, -0.15) is 5.10 Å². The summed E-state index contributed by atoms with van der Waals surface area (Å²) < 4.78 is 10.9. The molecule has 4 nitrogen and oxygen atoms in total. The number of nitrogens with one attached hydrogen (secondary N) is 1. The molecule has 2 atom stereocenters. The predicted molar refractivity (Wildman–Crippen MR) is 87.8 cm³/mol. The SMILES string of the molecule is c1ccc2c(c1)CCCC1C2=NNC1c1ccc2c(c1)OCO2. The number of fused-ring (bicyclic) bond motifs is 4. The topological polar surface area (TPSA) is 42.9 Å². The minimum atomic E-state index is 0.214. The second kappa shape index (κ2) is 5.01. The zero-order valence-electron chi connectivity index (χ0n) is 12.8. The Morgan fingerprint density at radius 2 is 1.96 bits per heavy atom. The molecule has 2 aliphatic heterocycles. The van der Waals surface area contributed by atoms with Crippen LogP contribution in [0.25, 0.3) is 0 Å². The van der Waals surface area contributed by atoms with Crippen molar-refractivity contribution in [2.24, 2.45) is 11.0 Å². The Bertz CT molecular complexity index is 800. The van der Waals surface area contributed by atoms with E-state index in [0.29, 0.717) is 12.7 Å². The molecule has 0 aromatic heterocycles. The number of rotatable bonds is 1. The highest BCUT2D eigenvalue weighted by atomic mass is 16.7. The molecule has 5 rings (SSSR count). The number of ether oxygens (including phenoxy) is 2. The third-order valence-electron chi connectivity index (χ3n) is 5.09. The van der Waals surface area contributed by atoms with Crippen LogP contribution >= 0.6 is 0 Å². The van der Waals surface area contributed by atoms with Gasteiger partial charge in [0.15, 0.2) is 11.5 Å². The van der Waals surface area contributed by atoms with Gasteiger partial charge in [0.05, 0.1) is 11.8 Å². The van der Waals surface area contributed by atoms with E-state index in [1.54, 1.807) is 0 Å². The Balaban J connectivity index is 1.52. The Hall–Kier alpha value is -2.49. The van der Waals surface area contributed by atoms with Gasteiger partial charge in [-0.3, -0.25) is 0 Å². The molecule has 0 saturated carbocycles. The second-order valence-corrected chi connectivity index (χ2v) is 6.37. The van der Waals surface area contributed by atoms with Crippen LogP contribution in [0.15, 0.2) is 47.6 Å². The van der Waals surface area contributed by atoms with Crippen molar-refractivity contribution in [2.45, 2.75) is 25.3 Å². The summed E-state index contributed by atoms with van der Waals surface area (Å²) in [5, 5.41) is 4.70. The number of hydrazone groups is 1. The maximum Gasteiger partial charge on any atom is 0.231 e. The summed E-state index contributed by atoms with van der Waals surface area (Å²) in [5.74, 6) is 2.09. The van der Waals surface area contributed by atoms with Gasteiger partial charge in [0.25, 0.3) is 0 Å². The number of hydrogen-bond acceptors (Lipinski definition) is 4. The molecule has 2 unspecified atom stereocenters. The minimum Gasteiger partial charge on any atom is -0.454 e. The van der Waals surface area contributed by atoms with Crippen molar-refractivity contribution in [3.63, 3.8) is 0 Å². The summed E-state index contributed by atoms with van der Waals surface area (Å²) in [6.07, 6.45) is 3.49. The summed E-state index contributed by atoms with van der Waals surface area (Å²) in [5.41, 5.74) is 8.52. The van der Waals surface area contributed by atoms with Crippen molar-refractivity contribution in [1.82, 2.24) is 5.43 Å². The van der Waals surface area contributed by atoms with Crippen molar-refractivity contribution in [1.29, 1.82) is 0 Å². The third-order valence-corrected chi connectivity index (χ3v) is 5.09. The minimum absolute atomic E-state index is 0.214. The van der Waals surface area contributed by atoms with Crippen LogP contribution in [0.4, 0.5) is 0 Å². The number of nitrogens with zero attached hydrogens (tertiary/aromatic N) is 1. The Labute approximate surface area is 135 Å². The highest BCUT2D eigenvalue weighted by Crippen LogP contribution is 2.40. The fraction of sp³-hybridized carbons (Fsp3) is 0.316. The molecule has 1 aliphatic carbocycles. The lowest BCUT2D eigenvalue weighted by atomic mass is 9.86. The molecular weight excluding hydrogens is 288 g/mol. The van der Waals surface area contributed by atoms with Crippen LogP contribution in [0.3, 0.4) is 0 Å². The maximum absolute atomic E-state index is 5.53. The normalized spacial score (nSPS) is 24.3. The molecule has 0 fully saturated rings. The van der Waals surface area contributed by atoms with Crippen LogP contribution in [-0.4, -0.2) is 12.5 Å². The van der Waals surface area contributed by atoms with E-state index in [1.165, 1.54) is 28.8 Å². The lowest BCUT2D eigenvalue weighted by Crippen LogP contribution is -2.21. The molecule has 2 aromatic carbocycles. The first-order valence-corrected chi connectivity index (χ1v) is 8.21. The van der Waals surface area contributed by atoms with E-state index < -0.39 is 0 Å². The Morgan fingerprint density at radius 1 is 1.04 bits per heavy atom. The molecule has 2 heterocycles. The van der Waals surface area contributed by atoms with Crippen LogP contribution in [-0.2, 0) is 6.42 Å². The van der Waals surface area contributed by atoms with E-state index in [4.69, 9.17) is 14.6 Å². The largest absolute Gasteiger partial charge is 0.454 e. The van der Waals surface area contributed by atoms with E-state index in [9.17, 15) is 0 Å². The van der Waals surface area contributed by atoms with Crippen molar-refractivity contribution in [2.75, 3.05) is 6.79 Å². The van der Waals surface area contributed by atoms with Crippen molar-refractivity contribution in [3.05, 3.63) is 59.2 Å². The molecule has 3 aliphatic rings. The zero-order chi connectivity index (χ0) is 15.2. The van der Waals surface area contributed by atoms with Crippen LogP contribution in [0.2, 0.25) is 0 Å². The summed E-state index contributed by atoms with van der Waals surface area (Å²) in [6.45, 7) is 0.315. The lowest BCUT2D eigenvalue weighted by Gasteiger charge is -2.20. The maximum atomic E-state index is 5.53. The van der Waals surface area contributed by atoms with E-state index in [-0.39, 0.29) is 6.04 Å². The lowest BCUT2D eigenvalue weighted by molar-refractivity contribution is 0.174. The van der Waals surface area contributed by atoms with Crippen LogP contribution < -0.4 is 14.9 Å². The molecular formula is C19H18N2O2. The molecule has 0 radical (unpaired) electrons. The molecule has 0 amide bonds. The van der Waals surface area contributed by atoms with Gasteiger partial charge < -0.3 is 14.9 Å². The van der Waals surface area contributed by atoms with Crippen LogP contribution in [0.5, 0.6) is 11.5 Å². The van der Waals surface area contributed by atoms with Gasteiger partial charge in [-0.1, -0.05) is 30.3 Å². The van der Waals surface area contributed by atoms with Gasteiger partial charge in [-0.15, -0.1) is 0 Å². The van der Waals surface area contributed by atoms with E-state index in [1.807, 2.05) is 6.07 Å². The standard InChI is InChI=1S/C19H18N2O2/c1-2-6-14-12(4-1)5-3-7-15-18(20-21-19(14)15)13-8-9-16-17(10-13)23-11-22-16/h1-2,4,6,8-10,15,18,20H,3,5,7,11H2. The number of benzene rings is 2. The molecule has 4 heteroatoms. The fourth-order valence-electron chi connectivity index (χ4n) is 3.95. The monoisotopic (exact) mass is 306 g/mol. The molecule has 0 saturated heterocycles. The van der Waals surface area contributed by atoms with Gasteiger partial charge in [-0.05, 0) is 42.5 Å². The molecule has 23 heavy (non-hydrogen) atoms. The van der Waals surface area contributed by atoms with Gasteiger partial charge in [-0.25, -0.2) is 0 Å². The van der Waals surface area contributed by atoms with Crippen molar-refractivity contribution < 1.29 is 9.47 Å². The number of aryl methyl sites for hydroxylation is 1. The third kappa shape index (κ3) is 2.01. The first-order chi connectivity index (χ1) is 11.4. The molecule has 116 valence electrons. The number of hydrogen-bond donors (Lipinski definition) is 1. The highest BCUT2D eigenvalue weighted by Gasteiger charge is 2.36. The van der Waals surface area contributed by atoms with Crippen LogP contribution in [0.1, 0.15) is 35.6 Å². The van der Waals surface area contributed by atoms with Crippen molar-refractivity contribution in [3.8, 4) is 11.5 Å².